The van der Waals surface area contributed by atoms with E-state index in [1.165, 1.54) is 47.2 Å². The lowest BCUT2D eigenvalue weighted by Gasteiger charge is -2.27. The molecule has 11 aromatic rings. The van der Waals surface area contributed by atoms with Crippen LogP contribution in [0.5, 0.6) is 0 Å². The summed E-state index contributed by atoms with van der Waals surface area (Å²) < 4.78 is 11.7. The van der Waals surface area contributed by atoms with Crippen molar-refractivity contribution in [2.24, 2.45) is 0 Å². The highest BCUT2D eigenvalue weighted by atomic mass is 32.1. The van der Waals surface area contributed by atoms with Crippen molar-refractivity contribution in [3.8, 4) is 5.69 Å². The molecular formula is C46H28N2OS. The van der Waals surface area contributed by atoms with Gasteiger partial charge in [-0.1, -0.05) is 103 Å². The van der Waals surface area contributed by atoms with E-state index in [4.69, 9.17) is 4.42 Å². The van der Waals surface area contributed by atoms with Gasteiger partial charge in [-0.3, -0.25) is 0 Å². The minimum atomic E-state index is 0.875. The van der Waals surface area contributed by atoms with Gasteiger partial charge in [0.15, 0.2) is 5.58 Å². The molecule has 0 aliphatic carbocycles. The summed E-state index contributed by atoms with van der Waals surface area (Å²) in [5, 5.41) is 9.67. The molecule has 0 aliphatic heterocycles. The van der Waals surface area contributed by atoms with Crippen molar-refractivity contribution in [1.82, 2.24) is 4.57 Å². The predicted molar refractivity (Wildman–Crippen MR) is 213 cm³/mol. The van der Waals surface area contributed by atoms with Gasteiger partial charge in [0.2, 0.25) is 0 Å². The third-order valence-electron chi connectivity index (χ3n) is 10.1. The molecule has 234 valence electrons. The Hall–Kier alpha value is -6.36. The molecule has 0 atom stereocenters. The Balaban J connectivity index is 1.27. The fourth-order valence-electron chi connectivity index (χ4n) is 7.94. The zero-order valence-electron chi connectivity index (χ0n) is 26.9. The van der Waals surface area contributed by atoms with Crippen molar-refractivity contribution in [3.63, 3.8) is 0 Å². The van der Waals surface area contributed by atoms with E-state index in [1.54, 1.807) is 0 Å². The van der Waals surface area contributed by atoms with Crippen molar-refractivity contribution in [2.75, 3.05) is 4.90 Å². The van der Waals surface area contributed by atoms with Crippen LogP contribution in [0.2, 0.25) is 0 Å². The summed E-state index contributed by atoms with van der Waals surface area (Å²) in [5.74, 6) is 0. The Morgan fingerprint density at radius 2 is 1.14 bits per heavy atom. The zero-order chi connectivity index (χ0) is 32.8. The lowest BCUT2D eigenvalue weighted by Crippen LogP contribution is -2.11. The first-order valence-electron chi connectivity index (χ1n) is 16.9. The van der Waals surface area contributed by atoms with Crippen LogP contribution in [-0.2, 0) is 0 Å². The Labute approximate surface area is 291 Å². The van der Waals surface area contributed by atoms with E-state index in [-0.39, 0.29) is 0 Å². The van der Waals surface area contributed by atoms with E-state index in [0.29, 0.717) is 0 Å². The molecule has 3 heterocycles. The largest absolute Gasteiger partial charge is 0.454 e. The maximum absolute atomic E-state index is 6.72. The smallest absolute Gasteiger partial charge is 0.159 e. The standard InChI is InChI=1S/C46H28N2OS/c1-2-14-31(15-3-1)47-40-27-30-13-5-4-12-29(30)26-37(40)33-25-24-32(28-41(33)47)48(38-19-11-23-44-45(38)36-17-7-9-22-43(36)50-44)39-20-10-18-35-34-16-6-8-21-42(34)49-46(35)39/h1-28H. The van der Waals surface area contributed by atoms with E-state index >= 15 is 0 Å². The average Bonchev–Trinajstić information content (AvgIpc) is 3.84. The zero-order valence-corrected chi connectivity index (χ0v) is 27.7. The number of nitrogens with zero attached hydrogens (tertiary/aromatic N) is 2. The van der Waals surface area contributed by atoms with E-state index < -0.39 is 0 Å². The summed E-state index contributed by atoms with van der Waals surface area (Å²) in [6.45, 7) is 0. The second kappa shape index (κ2) is 10.6. The quantitative estimate of drug-likeness (QED) is 0.188. The van der Waals surface area contributed by atoms with Crippen molar-refractivity contribution < 1.29 is 4.42 Å². The predicted octanol–water partition coefficient (Wildman–Crippen LogP) is 13.7. The van der Waals surface area contributed by atoms with Gasteiger partial charge in [0.05, 0.1) is 22.4 Å². The molecule has 11 rings (SSSR count). The topological polar surface area (TPSA) is 21.3 Å². The number of para-hydroxylation sites is 3. The van der Waals surface area contributed by atoms with Gasteiger partial charge >= 0.3 is 0 Å². The van der Waals surface area contributed by atoms with Crippen LogP contribution < -0.4 is 4.90 Å². The summed E-state index contributed by atoms with van der Waals surface area (Å²) in [6, 6.07) is 61.3. The van der Waals surface area contributed by atoms with Crippen LogP contribution in [-0.4, -0.2) is 4.57 Å². The molecular weight excluding hydrogens is 629 g/mol. The maximum Gasteiger partial charge on any atom is 0.159 e. The van der Waals surface area contributed by atoms with E-state index in [0.717, 1.165) is 50.2 Å². The number of aromatic nitrogens is 1. The highest BCUT2D eigenvalue weighted by Gasteiger charge is 2.24. The van der Waals surface area contributed by atoms with Crippen LogP contribution in [0, 0.1) is 0 Å². The van der Waals surface area contributed by atoms with Gasteiger partial charge in [0.1, 0.15) is 5.58 Å². The molecule has 0 spiro atoms. The monoisotopic (exact) mass is 656 g/mol. The molecule has 0 amide bonds. The molecule has 0 N–H and O–H groups in total. The second-order valence-corrected chi connectivity index (χ2v) is 14.0. The number of anilines is 3. The van der Waals surface area contributed by atoms with E-state index in [9.17, 15) is 0 Å². The summed E-state index contributed by atoms with van der Waals surface area (Å²) >= 11 is 1.84. The summed E-state index contributed by atoms with van der Waals surface area (Å²) in [6.07, 6.45) is 0. The Morgan fingerprint density at radius 1 is 0.460 bits per heavy atom. The second-order valence-electron chi connectivity index (χ2n) is 12.9. The van der Waals surface area contributed by atoms with Crippen LogP contribution >= 0.6 is 11.3 Å². The van der Waals surface area contributed by atoms with Gasteiger partial charge in [-0.15, -0.1) is 11.3 Å². The third-order valence-corrected chi connectivity index (χ3v) is 11.3. The SMILES string of the molecule is c1ccc(-n2c3cc(N(c4cccc5c4oc4ccccc45)c4cccc5sc6ccccc6c45)ccc3c3cc4ccccc4cc32)cc1. The van der Waals surface area contributed by atoms with Crippen LogP contribution in [0.1, 0.15) is 0 Å². The van der Waals surface area contributed by atoms with Crippen molar-refractivity contribution >= 4 is 103 Å². The fourth-order valence-corrected chi connectivity index (χ4v) is 9.07. The number of benzene rings is 8. The number of fused-ring (bicyclic) bond motifs is 10. The maximum atomic E-state index is 6.72. The summed E-state index contributed by atoms with van der Waals surface area (Å²) in [5.41, 5.74) is 8.45. The van der Waals surface area contributed by atoms with Gasteiger partial charge in [0.25, 0.3) is 0 Å². The Bertz CT molecular complexity index is 3110. The molecule has 0 saturated heterocycles. The van der Waals surface area contributed by atoms with Gasteiger partial charge < -0.3 is 13.9 Å². The van der Waals surface area contributed by atoms with Crippen molar-refractivity contribution in [1.29, 1.82) is 0 Å². The molecule has 0 fully saturated rings. The first kappa shape index (κ1) is 27.6. The fraction of sp³-hybridized carbons (Fsp3) is 0. The average molecular weight is 657 g/mol. The minimum Gasteiger partial charge on any atom is -0.454 e. The van der Waals surface area contributed by atoms with Crippen molar-refractivity contribution in [2.45, 2.75) is 0 Å². The summed E-state index contributed by atoms with van der Waals surface area (Å²) in [4.78, 5) is 2.41. The molecule has 0 bridgehead atoms. The molecule has 0 unspecified atom stereocenters. The Kier molecular flexibility index (Phi) is 5.83. The van der Waals surface area contributed by atoms with Gasteiger partial charge in [-0.05, 0) is 77.5 Å². The molecule has 8 aromatic carbocycles. The highest BCUT2D eigenvalue weighted by molar-refractivity contribution is 7.26. The number of rotatable bonds is 4. The van der Waals surface area contributed by atoms with Crippen LogP contribution in [0.15, 0.2) is 174 Å². The van der Waals surface area contributed by atoms with Gasteiger partial charge in [-0.25, -0.2) is 0 Å². The van der Waals surface area contributed by atoms with Crippen LogP contribution in [0.25, 0.3) is 80.4 Å². The Morgan fingerprint density at radius 3 is 2.04 bits per heavy atom. The summed E-state index contributed by atoms with van der Waals surface area (Å²) in [7, 11) is 0. The van der Waals surface area contributed by atoms with E-state index in [1.807, 2.05) is 17.4 Å². The lowest BCUT2D eigenvalue weighted by atomic mass is 10.0. The molecule has 4 heteroatoms. The number of hydrogen-bond donors (Lipinski definition) is 0. The van der Waals surface area contributed by atoms with Gasteiger partial charge in [0, 0.05) is 53.1 Å². The third kappa shape index (κ3) is 3.97. The number of hydrogen-bond acceptors (Lipinski definition) is 3. The highest BCUT2D eigenvalue weighted by Crippen LogP contribution is 2.48. The molecule has 3 nitrogen and oxygen atoms in total. The molecule has 3 aromatic heterocycles. The molecule has 0 saturated carbocycles. The van der Waals surface area contributed by atoms with Gasteiger partial charge in [-0.2, -0.15) is 0 Å². The minimum absolute atomic E-state index is 0.875. The molecule has 0 radical (unpaired) electrons. The first-order chi connectivity index (χ1) is 24.8. The van der Waals surface area contributed by atoms with Crippen LogP contribution in [0.3, 0.4) is 0 Å². The number of furan rings is 1. The normalized spacial score (nSPS) is 12.0. The first-order valence-corrected chi connectivity index (χ1v) is 17.7. The number of thiophene rings is 1. The molecule has 50 heavy (non-hydrogen) atoms. The van der Waals surface area contributed by atoms with Crippen LogP contribution in [0.4, 0.5) is 17.1 Å². The van der Waals surface area contributed by atoms with E-state index in [2.05, 4.69) is 173 Å². The molecule has 0 aliphatic rings. The lowest BCUT2D eigenvalue weighted by molar-refractivity contribution is 0.669. The van der Waals surface area contributed by atoms with Crippen molar-refractivity contribution in [3.05, 3.63) is 170 Å².